The zero-order chi connectivity index (χ0) is 16.3. The maximum atomic E-state index is 11.8. The van der Waals surface area contributed by atoms with Gasteiger partial charge in [0.25, 0.3) is 11.6 Å². The molecular formula is C12H9BrN5O4-. The van der Waals surface area contributed by atoms with Crippen molar-refractivity contribution in [2.24, 2.45) is 5.10 Å². The van der Waals surface area contributed by atoms with Gasteiger partial charge in [-0.15, -0.1) is 0 Å². The summed E-state index contributed by atoms with van der Waals surface area (Å²) in [6.07, 6.45) is 1.04. The number of aryl methyl sites for hydroxylation is 1. The van der Waals surface area contributed by atoms with Gasteiger partial charge in [0.1, 0.15) is 0 Å². The molecule has 0 bridgehead atoms. The van der Waals surface area contributed by atoms with Crippen molar-refractivity contribution < 1.29 is 14.8 Å². The number of nitro groups is 1. The summed E-state index contributed by atoms with van der Waals surface area (Å²) in [4.78, 5) is 21.6. The molecule has 0 saturated heterocycles. The number of aromatic nitrogens is 2. The lowest BCUT2D eigenvalue weighted by molar-refractivity contribution is -0.398. The highest BCUT2D eigenvalue weighted by molar-refractivity contribution is 9.10. The Hall–Kier alpha value is -2.75. The lowest BCUT2D eigenvalue weighted by Crippen LogP contribution is -2.18. The molecule has 2 N–H and O–H groups in total. The third kappa shape index (κ3) is 3.47. The Balaban J connectivity index is 2.17. The van der Waals surface area contributed by atoms with E-state index in [4.69, 9.17) is 0 Å². The summed E-state index contributed by atoms with van der Waals surface area (Å²) in [5.74, 6) is -1.36. The van der Waals surface area contributed by atoms with Crippen LogP contribution < -0.4 is 10.5 Å². The molecule has 0 unspecified atom stereocenters. The van der Waals surface area contributed by atoms with Gasteiger partial charge in [-0.25, -0.2) is 5.43 Å². The van der Waals surface area contributed by atoms with E-state index < -0.39 is 22.3 Å². The molecule has 0 spiro atoms. The van der Waals surface area contributed by atoms with Crippen LogP contribution in [0.25, 0.3) is 0 Å². The standard InChI is InChI=1S/C12H10BrN5O4/c1-6-2-9(16-15-6)12(20)17-14-5-7-3-8(13)4-10(11(7)19)18(21)22/h2-5,19H,1H3,(H,15,16)(H,17,20)/p-1/b14-5-. The molecule has 0 aliphatic heterocycles. The number of nitro benzene ring substituents is 1. The fourth-order valence-electron chi connectivity index (χ4n) is 1.58. The molecule has 1 heterocycles. The zero-order valence-corrected chi connectivity index (χ0v) is 12.7. The molecule has 10 heteroatoms. The van der Waals surface area contributed by atoms with Crippen LogP contribution in [0, 0.1) is 17.0 Å². The number of rotatable bonds is 4. The summed E-state index contributed by atoms with van der Waals surface area (Å²) in [5, 5.41) is 32.5. The van der Waals surface area contributed by atoms with Crippen LogP contribution in [0.1, 0.15) is 21.7 Å². The van der Waals surface area contributed by atoms with E-state index in [1.165, 1.54) is 12.1 Å². The van der Waals surface area contributed by atoms with Gasteiger partial charge >= 0.3 is 0 Å². The summed E-state index contributed by atoms with van der Waals surface area (Å²) in [5.41, 5.74) is 2.42. The van der Waals surface area contributed by atoms with Crippen molar-refractivity contribution >= 4 is 33.7 Å². The van der Waals surface area contributed by atoms with E-state index in [0.717, 1.165) is 12.3 Å². The molecule has 1 amide bonds. The predicted octanol–water partition coefficient (Wildman–Crippen LogP) is 1.23. The van der Waals surface area contributed by atoms with Crippen LogP contribution in [0.3, 0.4) is 0 Å². The third-order valence-electron chi connectivity index (χ3n) is 2.57. The van der Waals surface area contributed by atoms with Gasteiger partial charge in [-0.2, -0.15) is 10.2 Å². The quantitative estimate of drug-likeness (QED) is 0.476. The van der Waals surface area contributed by atoms with E-state index in [2.05, 4.69) is 36.7 Å². The summed E-state index contributed by atoms with van der Waals surface area (Å²) in [7, 11) is 0. The van der Waals surface area contributed by atoms with Crippen LogP contribution >= 0.6 is 15.9 Å². The average molecular weight is 367 g/mol. The monoisotopic (exact) mass is 366 g/mol. The maximum absolute atomic E-state index is 11.8. The fourth-order valence-corrected chi connectivity index (χ4v) is 2.05. The second-order valence-corrected chi connectivity index (χ2v) is 5.15. The molecule has 9 nitrogen and oxygen atoms in total. The second kappa shape index (κ2) is 6.35. The highest BCUT2D eigenvalue weighted by Gasteiger charge is 2.11. The highest BCUT2D eigenvalue weighted by atomic mass is 79.9. The average Bonchev–Trinajstić information content (AvgIpc) is 2.88. The minimum atomic E-state index is -0.790. The van der Waals surface area contributed by atoms with Gasteiger partial charge in [-0.1, -0.05) is 15.9 Å². The number of carbonyl (C=O) groups is 1. The first kappa shape index (κ1) is 15.6. The topological polar surface area (TPSA) is 136 Å². The van der Waals surface area contributed by atoms with Gasteiger partial charge in [0.05, 0.1) is 11.1 Å². The van der Waals surface area contributed by atoms with Crippen molar-refractivity contribution in [3.63, 3.8) is 0 Å². The molecule has 2 aromatic rings. The molecule has 2 rings (SSSR count). The maximum Gasteiger partial charge on any atom is 0.291 e. The second-order valence-electron chi connectivity index (χ2n) is 4.24. The summed E-state index contributed by atoms with van der Waals surface area (Å²) in [6, 6.07) is 3.99. The molecule has 0 aliphatic carbocycles. The molecular weight excluding hydrogens is 358 g/mol. The van der Waals surface area contributed by atoms with Crippen molar-refractivity contribution in [1.29, 1.82) is 0 Å². The van der Waals surface area contributed by atoms with Crippen molar-refractivity contribution in [1.82, 2.24) is 15.6 Å². The van der Waals surface area contributed by atoms with Crippen molar-refractivity contribution in [2.45, 2.75) is 6.92 Å². The highest BCUT2D eigenvalue weighted by Crippen LogP contribution is 2.30. The molecule has 0 radical (unpaired) electrons. The molecule has 22 heavy (non-hydrogen) atoms. The Morgan fingerprint density at radius 2 is 2.23 bits per heavy atom. The Labute approximate surface area is 132 Å². The van der Waals surface area contributed by atoms with E-state index in [1.54, 1.807) is 6.92 Å². The molecule has 0 fully saturated rings. The first-order valence-corrected chi connectivity index (χ1v) is 6.68. The normalized spacial score (nSPS) is 10.8. The molecule has 1 aromatic heterocycles. The Morgan fingerprint density at radius 3 is 2.82 bits per heavy atom. The van der Waals surface area contributed by atoms with Crippen LogP contribution in [-0.4, -0.2) is 27.2 Å². The molecule has 0 saturated carbocycles. The summed E-state index contributed by atoms with van der Waals surface area (Å²) < 4.78 is 0.356. The van der Waals surface area contributed by atoms with Crippen molar-refractivity contribution in [2.75, 3.05) is 0 Å². The van der Waals surface area contributed by atoms with Gasteiger partial charge in [-0.05, 0) is 30.4 Å². The summed E-state index contributed by atoms with van der Waals surface area (Å²) in [6.45, 7) is 1.73. The molecule has 114 valence electrons. The number of carbonyl (C=O) groups excluding carboxylic acids is 1. The third-order valence-corrected chi connectivity index (χ3v) is 3.03. The van der Waals surface area contributed by atoms with Gasteiger partial charge < -0.3 is 5.11 Å². The van der Waals surface area contributed by atoms with Gasteiger partial charge in [-0.3, -0.25) is 20.0 Å². The number of hydrazone groups is 1. The van der Waals surface area contributed by atoms with Crippen LogP contribution in [0.2, 0.25) is 0 Å². The largest absolute Gasteiger partial charge is 0.867 e. The number of hydrogen-bond acceptors (Lipinski definition) is 6. The number of nitrogens with one attached hydrogen (secondary N) is 2. The van der Waals surface area contributed by atoms with Gasteiger partial charge in [0, 0.05) is 16.2 Å². The first-order valence-electron chi connectivity index (χ1n) is 5.89. The Bertz CT molecular complexity index is 771. The Kier molecular flexibility index (Phi) is 4.51. The van der Waals surface area contributed by atoms with Crippen LogP contribution in [0.4, 0.5) is 5.69 Å². The number of nitrogens with zero attached hydrogens (tertiary/aromatic N) is 3. The molecule has 1 aromatic carbocycles. The SMILES string of the molecule is Cc1cc(C(=O)N/N=C\c2cc(Br)cc([N+](=O)[O-])c2[O-])n[nH]1. The number of amides is 1. The van der Waals surface area contributed by atoms with E-state index in [9.17, 15) is 20.0 Å². The lowest BCUT2D eigenvalue weighted by atomic mass is 10.2. The molecule has 0 atom stereocenters. The zero-order valence-electron chi connectivity index (χ0n) is 11.2. The van der Waals surface area contributed by atoms with E-state index >= 15 is 0 Å². The van der Waals surface area contributed by atoms with Crippen molar-refractivity contribution in [3.8, 4) is 5.75 Å². The number of halogens is 1. The predicted molar refractivity (Wildman–Crippen MR) is 78.6 cm³/mol. The van der Waals surface area contributed by atoms with Crippen LogP contribution in [0.15, 0.2) is 27.8 Å². The van der Waals surface area contributed by atoms with Crippen LogP contribution in [-0.2, 0) is 0 Å². The number of H-pyrrole nitrogens is 1. The van der Waals surface area contributed by atoms with E-state index in [0.29, 0.717) is 10.2 Å². The minimum Gasteiger partial charge on any atom is -0.867 e. The number of aromatic amines is 1. The summed E-state index contributed by atoms with van der Waals surface area (Å²) >= 11 is 3.07. The first-order chi connectivity index (χ1) is 10.4. The number of benzene rings is 1. The molecule has 0 aliphatic rings. The van der Waals surface area contributed by atoms with E-state index in [-0.39, 0.29) is 11.3 Å². The van der Waals surface area contributed by atoms with Gasteiger partial charge in [0.15, 0.2) is 5.69 Å². The minimum absolute atomic E-state index is 0.0282. The van der Waals surface area contributed by atoms with Crippen LogP contribution in [0.5, 0.6) is 5.75 Å². The van der Waals surface area contributed by atoms with E-state index in [1.807, 2.05) is 0 Å². The lowest BCUT2D eigenvalue weighted by Gasteiger charge is -2.10. The smallest absolute Gasteiger partial charge is 0.291 e. The van der Waals surface area contributed by atoms with Gasteiger partial charge in [0.2, 0.25) is 0 Å². The fraction of sp³-hybridized carbons (Fsp3) is 0.0833. The Morgan fingerprint density at radius 1 is 1.50 bits per heavy atom. The van der Waals surface area contributed by atoms with Crippen molar-refractivity contribution in [3.05, 3.63) is 49.7 Å². The number of hydrogen-bond donors (Lipinski definition) is 2.